The number of rotatable bonds is 3. The molecule has 7 heteroatoms. The lowest BCUT2D eigenvalue weighted by Crippen LogP contribution is -2.54. The standard InChI is InChI=1S/C12H21N5O2/c1-9-10(16-13-2)11(18)17(8-15-9)7-12(19)3-5-14-6-4-12/h8-9,13-14,19H,3-7H2,1-2H3/b16-10+. The molecule has 0 saturated carbocycles. The lowest BCUT2D eigenvalue weighted by atomic mass is 9.91. The highest BCUT2D eigenvalue weighted by Crippen LogP contribution is 2.20. The average Bonchev–Trinajstić information content (AvgIpc) is 2.39. The molecule has 1 fully saturated rings. The first kappa shape index (κ1) is 14.0. The molecule has 1 unspecified atom stereocenters. The maximum atomic E-state index is 12.3. The Morgan fingerprint density at radius 2 is 2.32 bits per heavy atom. The van der Waals surface area contributed by atoms with Crippen molar-refractivity contribution in [2.75, 3.05) is 26.7 Å². The van der Waals surface area contributed by atoms with Crippen molar-refractivity contribution in [3.05, 3.63) is 0 Å². The van der Waals surface area contributed by atoms with Gasteiger partial charge in [-0.3, -0.25) is 14.7 Å². The summed E-state index contributed by atoms with van der Waals surface area (Å²) in [6, 6.07) is -0.251. The van der Waals surface area contributed by atoms with Crippen molar-refractivity contribution in [1.29, 1.82) is 0 Å². The van der Waals surface area contributed by atoms with Crippen LogP contribution in [-0.2, 0) is 4.79 Å². The number of carbonyl (C=O) groups excluding carboxylic acids is 1. The van der Waals surface area contributed by atoms with Crippen molar-refractivity contribution < 1.29 is 9.90 Å². The summed E-state index contributed by atoms with van der Waals surface area (Å²) in [5, 5.41) is 17.6. The molecule has 19 heavy (non-hydrogen) atoms. The summed E-state index contributed by atoms with van der Waals surface area (Å²) < 4.78 is 0. The quantitative estimate of drug-likeness (QED) is 0.568. The van der Waals surface area contributed by atoms with Gasteiger partial charge in [0.05, 0.1) is 24.5 Å². The molecule has 1 atom stereocenters. The van der Waals surface area contributed by atoms with Crippen LogP contribution in [0.4, 0.5) is 0 Å². The fourth-order valence-electron chi connectivity index (χ4n) is 2.37. The first-order valence-corrected chi connectivity index (χ1v) is 6.57. The summed E-state index contributed by atoms with van der Waals surface area (Å²) >= 11 is 0. The Hall–Kier alpha value is -1.47. The SMILES string of the molecule is CN/N=C1/C(=O)N(CC2(O)CCNCC2)C=NC1C. The second-order valence-corrected chi connectivity index (χ2v) is 5.07. The normalized spacial score (nSPS) is 28.8. The Bertz CT molecular complexity index is 401. The third kappa shape index (κ3) is 3.10. The molecule has 0 spiro atoms. The van der Waals surface area contributed by atoms with E-state index >= 15 is 0 Å². The summed E-state index contributed by atoms with van der Waals surface area (Å²) in [6.45, 7) is 3.63. The maximum Gasteiger partial charge on any atom is 0.277 e. The minimum Gasteiger partial charge on any atom is -0.388 e. The van der Waals surface area contributed by atoms with E-state index in [0.29, 0.717) is 18.6 Å². The van der Waals surface area contributed by atoms with Crippen LogP contribution in [0, 0.1) is 0 Å². The van der Waals surface area contributed by atoms with Crippen LogP contribution in [0.1, 0.15) is 19.8 Å². The Morgan fingerprint density at radius 3 is 2.95 bits per heavy atom. The average molecular weight is 267 g/mol. The number of nitrogens with one attached hydrogen (secondary N) is 2. The molecular formula is C12H21N5O2. The Morgan fingerprint density at radius 1 is 1.63 bits per heavy atom. The predicted molar refractivity (Wildman–Crippen MR) is 73.2 cm³/mol. The smallest absolute Gasteiger partial charge is 0.277 e. The summed E-state index contributed by atoms with van der Waals surface area (Å²) in [6.07, 6.45) is 2.79. The highest BCUT2D eigenvalue weighted by atomic mass is 16.3. The number of carbonyl (C=O) groups is 1. The first-order valence-electron chi connectivity index (χ1n) is 6.57. The monoisotopic (exact) mass is 267 g/mol. The van der Waals surface area contributed by atoms with E-state index < -0.39 is 5.60 Å². The van der Waals surface area contributed by atoms with Gasteiger partial charge in [-0.25, -0.2) is 0 Å². The molecule has 0 aromatic carbocycles. The molecule has 0 bridgehead atoms. The van der Waals surface area contributed by atoms with Crippen molar-refractivity contribution in [2.24, 2.45) is 10.1 Å². The molecule has 0 radical (unpaired) electrons. The number of piperidine rings is 1. The molecule has 106 valence electrons. The summed E-state index contributed by atoms with van der Waals surface area (Å²) in [5.74, 6) is -0.191. The molecule has 1 amide bonds. The second kappa shape index (κ2) is 5.66. The van der Waals surface area contributed by atoms with E-state index in [0.717, 1.165) is 13.1 Å². The molecule has 0 aromatic heterocycles. The largest absolute Gasteiger partial charge is 0.388 e. The lowest BCUT2D eigenvalue weighted by molar-refractivity contribution is -0.124. The van der Waals surface area contributed by atoms with Crippen molar-refractivity contribution in [3.63, 3.8) is 0 Å². The van der Waals surface area contributed by atoms with E-state index in [9.17, 15) is 9.90 Å². The van der Waals surface area contributed by atoms with Gasteiger partial charge in [-0.15, -0.1) is 0 Å². The number of aliphatic hydroxyl groups is 1. The van der Waals surface area contributed by atoms with Gasteiger partial charge in [0.2, 0.25) is 0 Å². The number of β-amino-alcohol motifs (C(OH)–C–C–N with tert-alkyl or cyclic N) is 1. The topological polar surface area (TPSA) is 89.3 Å². The van der Waals surface area contributed by atoms with Gasteiger partial charge < -0.3 is 15.8 Å². The second-order valence-electron chi connectivity index (χ2n) is 5.07. The van der Waals surface area contributed by atoms with E-state index in [2.05, 4.69) is 20.8 Å². The number of amides is 1. The molecule has 3 N–H and O–H groups in total. The highest BCUT2D eigenvalue weighted by molar-refractivity contribution is 6.43. The van der Waals surface area contributed by atoms with Crippen LogP contribution in [0.25, 0.3) is 0 Å². The van der Waals surface area contributed by atoms with Gasteiger partial charge in [0.15, 0.2) is 0 Å². The molecule has 1 saturated heterocycles. The van der Waals surface area contributed by atoms with Crippen molar-refractivity contribution >= 4 is 18.0 Å². The highest BCUT2D eigenvalue weighted by Gasteiger charge is 2.36. The van der Waals surface area contributed by atoms with Gasteiger partial charge in [-0.05, 0) is 32.9 Å². The summed E-state index contributed by atoms with van der Waals surface area (Å²) in [4.78, 5) is 18.0. The zero-order valence-corrected chi connectivity index (χ0v) is 11.4. The van der Waals surface area contributed by atoms with Crippen LogP contribution in [0.3, 0.4) is 0 Å². The molecule has 0 aromatic rings. The van der Waals surface area contributed by atoms with Gasteiger partial charge in [-0.2, -0.15) is 5.10 Å². The van der Waals surface area contributed by atoms with Gasteiger partial charge in [0.1, 0.15) is 5.71 Å². The molecule has 2 aliphatic heterocycles. The van der Waals surface area contributed by atoms with Gasteiger partial charge in [-0.1, -0.05) is 0 Å². The number of nitrogens with zero attached hydrogens (tertiary/aromatic N) is 3. The van der Waals surface area contributed by atoms with Crippen molar-refractivity contribution in [1.82, 2.24) is 15.6 Å². The van der Waals surface area contributed by atoms with Crippen LogP contribution in [0.2, 0.25) is 0 Å². The van der Waals surface area contributed by atoms with Crippen LogP contribution in [0.5, 0.6) is 0 Å². The third-order valence-corrected chi connectivity index (χ3v) is 3.54. The summed E-state index contributed by atoms with van der Waals surface area (Å²) in [5.41, 5.74) is 2.17. The van der Waals surface area contributed by atoms with Gasteiger partial charge >= 0.3 is 0 Å². The van der Waals surface area contributed by atoms with Gasteiger partial charge in [0.25, 0.3) is 5.91 Å². The fraction of sp³-hybridized carbons (Fsp3) is 0.750. The number of hydrogen-bond acceptors (Lipinski definition) is 6. The van der Waals surface area contributed by atoms with Crippen LogP contribution < -0.4 is 10.7 Å². The molecule has 0 aliphatic carbocycles. The van der Waals surface area contributed by atoms with Crippen molar-refractivity contribution in [2.45, 2.75) is 31.4 Å². The lowest BCUT2D eigenvalue weighted by Gasteiger charge is -2.37. The van der Waals surface area contributed by atoms with Crippen LogP contribution >= 0.6 is 0 Å². The maximum absolute atomic E-state index is 12.3. The Kier molecular flexibility index (Phi) is 4.16. The minimum absolute atomic E-state index is 0.191. The Balaban J connectivity index is 2.10. The minimum atomic E-state index is -0.835. The number of aliphatic imine (C=N–C) groups is 1. The van der Waals surface area contributed by atoms with Gasteiger partial charge in [0, 0.05) is 7.05 Å². The van der Waals surface area contributed by atoms with E-state index in [1.54, 1.807) is 7.05 Å². The third-order valence-electron chi connectivity index (χ3n) is 3.54. The number of hydrazone groups is 1. The van der Waals surface area contributed by atoms with Crippen LogP contribution in [0.15, 0.2) is 10.1 Å². The fourth-order valence-corrected chi connectivity index (χ4v) is 2.37. The summed E-state index contributed by atoms with van der Waals surface area (Å²) in [7, 11) is 1.65. The Labute approximate surface area is 112 Å². The first-order chi connectivity index (χ1) is 9.06. The predicted octanol–water partition coefficient (Wildman–Crippen LogP) is -1.06. The molecule has 2 heterocycles. The van der Waals surface area contributed by atoms with Crippen molar-refractivity contribution in [3.8, 4) is 0 Å². The van der Waals surface area contributed by atoms with E-state index in [-0.39, 0.29) is 18.5 Å². The molecular weight excluding hydrogens is 246 g/mol. The van der Waals surface area contributed by atoms with E-state index in [4.69, 9.17) is 0 Å². The number of hydrogen-bond donors (Lipinski definition) is 3. The zero-order chi connectivity index (χ0) is 13.9. The molecule has 7 nitrogen and oxygen atoms in total. The van der Waals surface area contributed by atoms with E-state index in [1.807, 2.05) is 6.92 Å². The van der Waals surface area contributed by atoms with E-state index in [1.165, 1.54) is 11.2 Å². The van der Waals surface area contributed by atoms with Crippen LogP contribution in [-0.4, -0.2) is 66.3 Å². The zero-order valence-electron chi connectivity index (χ0n) is 11.4. The molecule has 2 aliphatic rings. The molecule has 2 rings (SSSR count).